The zero-order chi connectivity index (χ0) is 14.1. The summed E-state index contributed by atoms with van der Waals surface area (Å²) in [6.07, 6.45) is 0. The molecule has 0 spiro atoms. The number of nitrogens with zero attached hydrogens (tertiary/aromatic N) is 3. The number of amides is 1. The summed E-state index contributed by atoms with van der Waals surface area (Å²) >= 11 is 1.55. The fraction of sp³-hybridized carbons (Fsp3) is 0.417. The van der Waals surface area contributed by atoms with Gasteiger partial charge in [0.25, 0.3) is 0 Å². The van der Waals surface area contributed by atoms with Gasteiger partial charge in [-0.3, -0.25) is 9.69 Å². The van der Waals surface area contributed by atoms with Crippen LogP contribution in [-0.2, 0) is 11.3 Å². The lowest BCUT2D eigenvalue weighted by Gasteiger charge is -2.32. The quantitative estimate of drug-likeness (QED) is 0.556. The average molecular weight is 292 g/mol. The molecule has 0 saturated carbocycles. The van der Waals surface area contributed by atoms with E-state index >= 15 is 0 Å². The van der Waals surface area contributed by atoms with E-state index in [1.54, 1.807) is 11.3 Å². The molecule has 0 aromatic carbocycles. The van der Waals surface area contributed by atoms with Gasteiger partial charge in [-0.2, -0.15) is 0 Å². The predicted octanol–water partition coefficient (Wildman–Crippen LogP) is 0.297. The van der Waals surface area contributed by atoms with E-state index in [2.05, 4.69) is 25.6 Å². The molecule has 1 atom stereocenters. The minimum Gasteiger partial charge on any atom is -0.353 e. The van der Waals surface area contributed by atoms with Crippen molar-refractivity contribution in [2.24, 2.45) is 5.84 Å². The molecule has 106 valence electrons. The number of thiophene rings is 1. The van der Waals surface area contributed by atoms with Crippen LogP contribution in [0.4, 0.5) is 5.82 Å². The van der Waals surface area contributed by atoms with E-state index in [0.29, 0.717) is 24.7 Å². The number of anilines is 1. The van der Waals surface area contributed by atoms with Gasteiger partial charge in [-0.25, -0.2) is 15.8 Å². The van der Waals surface area contributed by atoms with Gasteiger partial charge in [-0.05, 0) is 18.4 Å². The lowest BCUT2D eigenvalue weighted by molar-refractivity contribution is -0.128. The molecule has 1 amide bonds. The minimum atomic E-state index is -0.166. The second-order valence-corrected chi connectivity index (χ2v) is 5.60. The molecule has 0 radical (unpaired) electrons. The number of hydrazine groups is 1. The number of hydrogen-bond donors (Lipinski definition) is 3. The summed E-state index contributed by atoms with van der Waals surface area (Å²) in [5.74, 6) is 6.86. The lowest BCUT2D eigenvalue weighted by Crippen LogP contribution is -2.53. The van der Waals surface area contributed by atoms with Crippen molar-refractivity contribution in [3.8, 4) is 0 Å². The van der Waals surface area contributed by atoms with Crippen molar-refractivity contribution in [1.29, 1.82) is 0 Å². The van der Waals surface area contributed by atoms with Crippen molar-refractivity contribution < 1.29 is 4.79 Å². The molecule has 0 aliphatic carbocycles. The van der Waals surface area contributed by atoms with E-state index in [4.69, 9.17) is 5.84 Å². The van der Waals surface area contributed by atoms with Gasteiger partial charge in [-0.1, -0.05) is 0 Å². The number of nitrogens with one attached hydrogen (secondary N) is 2. The smallest absolute Gasteiger partial charge is 0.237 e. The summed E-state index contributed by atoms with van der Waals surface area (Å²) < 4.78 is 0. The first-order valence-corrected chi connectivity index (χ1v) is 7.29. The van der Waals surface area contributed by atoms with E-state index in [9.17, 15) is 4.79 Å². The largest absolute Gasteiger partial charge is 0.353 e. The van der Waals surface area contributed by atoms with E-state index in [0.717, 1.165) is 16.8 Å². The molecule has 1 fully saturated rings. The highest BCUT2D eigenvalue weighted by atomic mass is 32.1. The number of hydrogen-bond acceptors (Lipinski definition) is 7. The first-order chi connectivity index (χ1) is 9.69. The maximum atomic E-state index is 11.7. The SMILES string of the molecule is CC1C(=O)NCCN1Cc1nc(NN)c2ccsc2n1. The maximum Gasteiger partial charge on any atom is 0.237 e. The van der Waals surface area contributed by atoms with Gasteiger partial charge in [0.05, 0.1) is 18.0 Å². The summed E-state index contributed by atoms with van der Waals surface area (Å²) in [5.41, 5.74) is 2.61. The third-order valence-corrected chi connectivity index (χ3v) is 4.28. The van der Waals surface area contributed by atoms with E-state index < -0.39 is 0 Å². The van der Waals surface area contributed by atoms with Crippen LogP contribution in [0.1, 0.15) is 12.7 Å². The second kappa shape index (κ2) is 5.31. The average Bonchev–Trinajstić information content (AvgIpc) is 2.91. The van der Waals surface area contributed by atoms with E-state index in [-0.39, 0.29) is 11.9 Å². The molecule has 1 unspecified atom stereocenters. The molecule has 0 bridgehead atoms. The van der Waals surface area contributed by atoms with Crippen LogP contribution >= 0.6 is 11.3 Å². The van der Waals surface area contributed by atoms with Gasteiger partial charge in [-0.15, -0.1) is 11.3 Å². The van der Waals surface area contributed by atoms with Gasteiger partial charge in [0.2, 0.25) is 5.91 Å². The Morgan fingerprint density at radius 3 is 3.25 bits per heavy atom. The first-order valence-electron chi connectivity index (χ1n) is 6.41. The van der Waals surface area contributed by atoms with Crippen molar-refractivity contribution >= 4 is 33.3 Å². The highest BCUT2D eigenvalue weighted by molar-refractivity contribution is 7.16. The molecule has 1 aliphatic heterocycles. The normalized spacial score (nSPS) is 20.1. The number of carbonyl (C=O) groups is 1. The van der Waals surface area contributed by atoms with E-state index in [1.165, 1.54) is 0 Å². The van der Waals surface area contributed by atoms with Crippen LogP contribution < -0.4 is 16.6 Å². The van der Waals surface area contributed by atoms with Gasteiger partial charge in [0.1, 0.15) is 10.7 Å². The number of fused-ring (bicyclic) bond motifs is 1. The van der Waals surface area contributed by atoms with Crippen molar-refractivity contribution in [2.75, 3.05) is 18.5 Å². The summed E-state index contributed by atoms with van der Waals surface area (Å²) in [6.45, 7) is 3.88. The van der Waals surface area contributed by atoms with Crippen LogP contribution in [0.3, 0.4) is 0 Å². The molecular formula is C12H16N6OS. The highest BCUT2D eigenvalue weighted by Gasteiger charge is 2.26. The summed E-state index contributed by atoms with van der Waals surface area (Å²) in [4.78, 5) is 23.6. The Morgan fingerprint density at radius 2 is 2.45 bits per heavy atom. The zero-order valence-electron chi connectivity index (χ0n) is 11.1. The third kappa shape index (κ3) is 2.33. The number of piperazine rings is 1. The van der Waals surface area contributed by atoms with Crippen molar-refractivity contribution in [1.82, 2.24) is 20.2 Å². The molecule has 1 aliphatic rings. The number of nitrogen functional groups attached to an aromatic ring is 1. The van der Waals surface area contributed by atoms with Gasteiger partial charge in [0.15, 0.2) is 5.82 Å². The van der Waals surface area contributed by atoms with Gasteiger partial charge >= 0.3 is 0 Å². The molecule has 3 heterocycles. The topological polar surface area (TPSA) is 96.2 Å². The van der Waals surface area contributed by atoms with Crippen molar-refractivity contribution in [3.05, 3.63) is 17.3 Å². The summed E-state index contributed by atoms with van der Waals surface area (Å²) in [6, 6.07) is 1.77. The summed E-state index contributed by atoms with van der Waals surface area (Å²) in [7, 11) is 0. The fourth-order valence-electron chi connectivity index (χ4n) is 2.31. The highest BCUT2D eigenvalue weighted by Crippen LogP contribution is 2.25. The number of nitrogens with two attached hydrogens (primary N) is 1. The maximum absolute atomic E-state index is 11.7. The second-order valence-electron chi connectivity index (χ2n) is 4.71. The molecule has 2 aromatic heterocycles. The van der Waals surface area contributed by atoms with Crippen LogP contribution in [0.2, 0.25) is 0 Å². The zero-order valence-corrected chi connectivity index (χ0v) is 11.9. The lowest BCUT2D eigenvalue weighted by atomic mass is 10.2. The monoisotopic (exact) mass is 292 g/mol. The molecule has 3 rings (SSSR count). The van der Waals surface area contributed by atoms with Gasteiger partial charge < -0.3 is 10.7 Å². The molecule has 4 N–H and O–H groups in total. The van der Waals surface area contributed by atoms with Crippen LogP contribution in [0.5, 0.6) is 0 Å². The number of aromatic nitrogens is 2. The standard InChI is InChI=1S/C12H16N6OS/c1-7-11(19)14-3-4-18(7)6-9-15-10(17-13)8-2-5-20-12(8)16-9/h2,5,7H,3-4,6,13H2,1H3,(H,14,19)(H,15,16,17). The van der Waals surface area contributed by atoms with Gasteiger partial charge in [0, 0.05) is 13.1 Å². The summed E-state index contributed by atoms with van der Waals surface area (Å²) in [5, 5.41) is 5.73. The van der Waals surface area contributed by atoms with Crippen molar-refractivity contribution in [2.45, 2.75) is 19.5 Å². The van der Waals surface area contributed by atoms with Crippen LogP contribution in [0.15, 0.2) is 11.4 Å². The minimum absolute atomic E-state index is 0.0469. The molecular weight excluding hydrogens is 276 g/mol. The van der Waals surface area contributed by atoms with E-state index in [1.807, 2.05) is 18.4 Å². The third-order valence-electron chi connectivity index (χ3n) is 3.48. The van der Waals surface area contributed by atoms with Crippen LogP contribution in [0, 0.1) is 0 Å². The van der Waals surface area contributed by atoms with Crippen molar-refractivity contribution in [3.63, 3.8) is 0 Å². The Labute approximate surface area is 120 Å². The Balaban J connectivity index is 1.88. The molecule has 2 aromatic rings. The fourth-order valence-corrected chi connectivity index (χ4v) is 3.09. The molecule has 7 nitrogen and oxygen atoms in total. The van der Waals surface area contributed by atoms with Crippen LogP contribution in [0.25, 0.3) is 10.2 Å². The van der Waals surface area contributed by atoms with Crippen LogP contribution in [-0.4, -0.2) is 39.9 Å². The Kier molecular flexibility index (Phi) is 3.51. The number of rotatable bonds is 3. The predicted molar refractivity (Wildman–Crippen MR) is 78.1 cm³/mol. The Hall–Kier alpha value is -1.77. The molecule has 20 heavy (non-hydrogen) atoms. The number of carbonyl (C=O) groups excluding carboxylic acids is 1. The molecule has 8 heteroatoms. The molecule has 1 saturated heterocycles. The Bertz CT molecular complexity index is 642. The first kappa shape index (κ1) is 13.2. The Morgan fingerprint density at radius 1 is 1.60 bits per heavy atom.